The number of aromatic nitrogens is 3. The highest BCUT2D eigenvalue weighted by atomic mass is 32.2. The number of aryl methyl sites for hydroxylation is 2. The molecule has 7 nitrogen and oxygen atoms in total. The number of anilines is 1. The first-order valence-electron chi connectivity index (χ1n) is 8.98. The molecule has 4 rings (SSSR count). The van der Waals surface area contributed by atoms with E-state index < -0.39 is 10.0 Å². The molecule has 0 bridgehead atoms. The molecule has 2 aromatic rings. The van der Waals surface area contributed by atoms with Crippen LogP contribution < -0.4 is 4.90 Å². The number of hydrogen-bond donors (Lipinski definition) is 0. The fourth-order valence-electron chi connectivity index (χ4n) is 4.39. The molecule has 0 aliphatic carbocycles. The smallest absolute Gasteiger partial charge is 0.246 e. The van der Waals surface area contributed by atoms with E-state index in [1.807, 2.05) is 19.2 Å². The summed E-state index contributed by atoms with van der Waals surface area (Å²) in [7, 11) is -1.72. The van der Waals surface area contributed by atoms with Crippen LogP contribution >= 0.6 is 0 Å². The van der Waals surface area contributed by atoms with E-state index in [1.165, 1.54) is 0 Å². The Labute approximate surface area is 154 Å². The normalized spacial score (nSPS) is 24.0. The highest BCUT2D eigenvalue weighted by molar-refractivity contribution is 7.89. The van der Waals surface area contributed by atoms with Gasteiger partial charge in [0.05, 0.1) is 23.3 Å². The third-order valence-corrected chi connectivity index (χ3v) is 7.99. The Kier molecular flexibility index (Phi) is 4.07. The van der Waals surface area contributed by atoms with Crippen LogP contribution in [0.4, 0.5) is 5.69 Å². The molecule has 0 amide bonds. The van der Waals surface area contributed by atoms with Crippen molar-refractivity contribution in [2.24, 2.45) is 12.5 Å². The highest BCUT2D eigenvalue weighted by Crippen LogP contribution is 2.43. The van der Waals surface area contributed by atoms with Crippen molar-refractivity contribution in [3.8, 4) is 0 Å². The molecule has 2 saturated heterocycles. The maximum Gasteiger partial charge on any atom is 0.246 e. The zero-order valence-electron chi connectivity index (χ0n) is 15.5. The van der Waals surface area contributed by atoms with Gasteiger partial charge in [0.15, 0.2) is 0 Å². The molecule has 4 heterocycles. The molecule has 8 heteroatoms. The summed E-state index contributed by atoms with van der Waals surface area (Å²) in [5.41, 5.74) is 2.43. The summed E-state index contributed by atoms with van der Waals surface area (Å²) in [6.45, 7) is 6.58. The fourth-order valence-corrected chi connectivity index (χ4v) is 6.34. The average Bonchev–Trinajstić information content (AvgIpc) is 3.29. The number of sulfonamides is 1. The van der Waals surface area contributed by atoms with Crippen LogP contribution in [-0.2, 0) is 17.1 Å². The maximum absolute atomic E-state index is 13.2. The van der Waals surface area contributed by atoms with Gasteiger partial charge in [0.25, 0.3) is 0 Å². The monoisotopic (exact) mass is 375 g/mol. The van der Waals surface area contributed by atoms with E-state index in [2.05, 4.69) is 21.0 Å². The molecule has 0 radical (unpaired) electrons. The Hall–Kier alpha value is -1.93. The van der Waals surface area contributed by atoms with Crippen molar-refractivity contribution >= 4 is 15.7 Å². The van der Waals surface area contributed by atoms with Crippen LogP contribution in [0.5, 0.6) is 0 Å². The summed E-state index contributed by atoms with van der Waals surface area (Å²) in [5.74, 6) is 0. The van der Waals surface area contributed by atoms with Crippen molar-refractivity contribution < 1.29 is 8.42 Å². The van der Waals surface area contributed by atoms with Crippen molar-refractivity contribution in [2.75, 3.05) is 31.1 Å². The second kappa shape index (κ2) is 6.06. The van der Waals surface area contributed by atoms with E-state index in [0.717, 1.165) is 31.6 Å². The molecule has 2 fully saturated rings. The fraction of sp³-hybridized carbons (Fsp3) is 0.556. The topological polar surface area (TPSA) is 71.3 Å². The molecule has 2 aliphatic heterocycles. The van der Waals surface area contributed by atoms with Crippen molar-refractivity contribution in [3.63, 3.8) is 0 Å². The summed E-state index contributed by atoms with van der Waals surface area (Å²) in [4.78, 5) is 6.90. The van der Waals surface area contributed by atoms with Crippen LogP contribution in [0.25, 0.3) is 0 Å². The predicted octanol–water partition coefficient (Wildman–Crippen LogP) is 1.72. The van der Waals surface area contributed by atoms with Crippen LogP contribution in [-0.4, -0.2) is 53.7 Å². The number of hydrogen-bond acceptors (Lipinski definition) is 5. The second-order valence-electron chi connectivity index (χ2n) is 7.59. The van der Waals surface area contributed by atoms with Crippen LogP contribution in [0, 0.1) is 19.3 Å². The van der Waals surface area contributed by atoms with Crippen LogP contribution in [0.1, 0.15) is 24.2 Å². The first-order valence-corrected chi connectivity index (χ1v) is 10.4. The molecule has 1 spiro atoms. The lowest BCUT2D eigenvalue weighted by Crippen LogP contribution is -2.34. The van der Waals surface area contributed by atoms with Crippen molar-refractivity contribution in [1.29, 1.82) is 0 Å². The molecule has 0 saturated carbocycles. The van der Waals surface area contributed by atoms with Gasteiger partial charge in [0, 0.05) is 44.8 Å². The van der Waals surface area contributed by atoms with Gasteiger partial charge in [-0.2, -0.15) is 9.40 Å². The van der Waals surface area contributed by atoms with Gasteiger partial charge < -0.3 is 4.90 Å². The highest BCUT2D eigenvalue weighted by Gasteiger charge is 2.47. The Morgan fingerprint density at radius 3 is 2.58 bits per heavy atom. The summed E-state index contributed by atoms with van der Waals surface area (Å²) < 4.78 is 29.8. The van der Waals surface area contributed by atoms with E-state index in [9.17, 15) is 8.42 Å². The zero-order chi connectivity index (χ0) is 18.5. The summed E-state index contributed by atoms with van der Waals surface area (Å²) in [6, 6.07) is 4.01. The first kappa shape index (κ1) is 17.5. The minimum atomic E-state index is -3.51. The molecule has 0 unspecified atom stereocenters. The average molecular weight is 375 g/mol. The SMILES string of the molecule is Cc1nn(C)c(C)c1S(=O)(=O)N1CC[C@]2(CCN(c3cccnc3)C2)C1. The third-order valence-electron chi connectivity index (χ3n) is 5.89. The van der Waals surface area contributed by atoms with Gasteiger partial charge in [-0.05, 0) is 38.8 Å². The van der Waals surface area contributed by atoms with E-state index in [4.69, 9.17) is 0 Å². The number of pyridine rings is 1. The lowest BCUT2D eigenvalue weighted by Gasteiger charge is -2.25. The van der Waals surface area contributed by atoms with Crippen molar-refractivity contribution in [1.82, 2.24) is 19.1 Å². The molecule has 140 valence electrons. The van der Waals surface area contributed by atoms with Gasteiger partial charge in [0.2, 0.25) is 10.0 Å². The van der Waals surface area contributed by atoms with Gasteiger partial charge in [-0.3, -0.25) is 9.67 Å². The Morgan fingerprint density at radius 2 is 1.92 bits per heavy atom. The van der Waals surface area contributed by atoms with Crippen molar-refractivity contribution in [3.05, 3.63) is 35.9 Å². The Balaban J connectivity index is 1.55. The molecule has 2 aliphatic rings. The summed E-state index contributed by atoms with van der Waals surface area (Å²) in [6.07, 6.45) is 5.57. The van der Waals surface area contributed by atoms with Crippen LogP contribution in [0.3, 0.4) is 0 Å². The molecule has 26 heavy (non-hydrogen) atoms. The number of nitrogens with zero attached hydrogens (tertiary/aromatic N) is 5. The minimum Gasteiger partial charge on any atom is -0.370 e. The lowest BCUT2D eigenvalue weighted by atomic mass is 9.86. The molecule has 2 aromatic heterocycles. The summed E-state index contributed by atoms with van der Waals surface area (Å²) >= 11 is 0. The van der Waals surface area contributed by atoms with Gasteiger partial charge in [-0.1, -0.05) is 0 Å². The largest absolute Gasteiger partial charge is 0.370 e. The van der Waals surface area contributed by atoms with Gasteiger partial charge >= 0.3 is 0 Å². The van der Waals surface area contributed by atoms with E-state index in [0.29, 0.717) is 29.4 Å². The third kappa shape index (κ3) is 2.72. The van der Waals surface area contributed by atoms with Crippen molar-refractivity contribution in [2.45, 2.75) is 31.6 Å². The van der Waals surface area contributed by atoms with Crippen LogP contribution in [0.15, 0.2) is 29.4 Å². The quantitative estimate of drug-likeness (QED) is 0.817. The van der Waals surface area contributed by atoms with Gasteiger partial charge in [-0.15, -0.1) is 0 Å². The maximum atomic E-state index is 13.2. The van der Waals surface area contributed by atoms with Gasteiger partial charge in [0.1, 0.15) is 4.90 Å². The summed E-state index contributed by atoms with van der Waals surface area (Å²) in [5, 5.41) is 4.28. The van der Waals surface area contributed by atoms with E-state index in [-0.39, 0.29) is 5.41 Å². The minimum absolute atomic E-state index is 0.0347. The first-order chi connectivity index (χ1) is 12.3. The second-order valence-corrected chi connectivity index (χ2v) is 9.47. The Morgan fingerprint density at radius 1 is 1.15 bits per heavy atom. The molecular formula is C18H25N5O2S. The van der Waals surface area contributed by atoms with Crippen LogP contribution in [0.2, 0.25) is 0 Å². The van der Waals surface area contributed by atoms with E-state index >= 15 is 0 Å². The molecule has 0 aromatic carbocycles. The predicted molar refractivity (Wildman–Crippen MR) is 99.6 cm³/mol. The molecular weight excluding hydrogens is 350 g/mol. The lowest BCUT2D eigenvalue weighted by molar-refractivity contribution is 0.341. The Bertz CT molecular complexity index is 925. The molecule has 1 atom stereocenters. The standard InChI is InChI=1S/C18H25N5O2S/c1-14-17(15(2)21(3)20-14)26(24,25)23-10-7-18(13-23)6-9-22(12-18)16-5-4-8-19-11-16/h4-5,8,11H,6-7,9-10,12-13H2,1-3H3/t18-/m0/s1. The molecule has 0 N–H and O–H groups in total. The van der Waals surface area contributed by atoms with E-state index in [1.54, 1.807) is 29.2 Å². The number of rotatable bonds is 3. The van der Waals surface area contributed by atoms with Gasteiger partial charge in [-0.25, -0.2) is 8.42 Å². The zero-order valence-corrected chi connectivity index (χ0v) is 16.3.